The number of methoxy groups -OCH3 is 1. The van der Waals surface area contributed by atoms with Gasteiger partial charge in [-0.1, -0.05) is 11.2 Å². The minimum atomic E-state index is -0.355. The number of hydrogen-bond donors (Lipinski definition) is 0. The number of carbonyl (C=O) groups is 1. The van der Waals surface area contributed by atoms with Gasteiger partial charge < -0.3 is 14.2 Å². The molecule has 7 nitrogen and oxygen atoms in total. The standard InChI is InChI=1S/C23H27FN4O3/c1-15-11-19(17(3)28(15)22-12-16(2)31-25-22)23(29)27-9-7-26(8-10-27)14-18-5-6-21(30-4)20(24)13-18/h5-6,11-13H,7-10,14H2,1-4H3. The Morgan fingerprint density at radius 2 is 1.87 bits per heavy atom. The molecular weight excluding hydrogens is 399 g/mol. The van der Waals surface area contributed by atoms with Gasteiger partial charge in [0.1, 0.15) is 5.76 Å². The summed E-state index contributed by atoms with van der Waals surface area (Å²) < 4.78 is 26.1. The van der Waals surface area contributed by atoms with Crippen LogP contribution in [0.15, 0.2) is 34.9 Å². The maximum atomic E-state index is 13.9. The number of piperazine rings is 1. The van der Waals surface area contributed by atoms with Gasteiger partial charge in [0.15, 0.2) is 17.4 Å². The molecule has 0 spiro atoms. The van der Waals surface area contributed by atoms with E-state index in [-0.39, 0.29) is 17.5 Å². The molecule has 2 aromatic heterocycles. The summed E-state index contributed by atoms with van der Waals surface area (Å²) in [6.07, 6.45) is 0. The lowest BCUT2D eigenvalue weighted by Gasteiger charge is -2.34. The Morgan fingerprint density at radius 1 is 1.13 bits per heavy atom. The number of benzene rings is 1. The molecule has 1 fully saturated rings. The minimum Gasteiger partial charge on any atom is -0.494 e. The van der Waals surface area contributed by atoms with Crippen molar-refractivity contribution in [1.29, 1.82) is 0 Å². The van der Waals surface area contributed by atoms with Crippen molar-refractivity contribution < 1.29 is 18.4 Å². The fraction of sp³-hybridized carbons (Fsp3) is 0.391. The van der Waals surface area contributed by atoms with Gasteiger partial charge in [-0.15, -0.1) is 0 Å². The minimum absolute atomic E-state index is 0.0229. The Bertz CT molecular complexity index is 1100. The zero-order chi connectivity index (χ0) is 22.1. The Balaban J connectivity index is 1.41. The van der Waals surface area contributed by atoms with Crippen molar-refractivity contribution in [2.45, 2.75) is 27.3 Å². The van der Waals surface area contributed by atoms with Gasteiger partial charge in [0.2, 0.25) is 0 Å². The van der Waals surface area contributed by atoms with E-state index in [4.69, 9.17) is 9.26 Å². The molecule has 0 radical (unpaired) electrons. The number of carbonyl (C=O) groups excluding carboxylic acids is 1. The van der Waals surface area contributed by atoms with E-state index in [9.17, 15) is 9.18 Å². The molecule has 3 heterocycles. The molecular formula is C23H27FN4O3. The van der Waals surface area contributed by atoms with Gasteiger partial charge in [-0.25, -0.2) is 4.39 Å². The molecule has 0 aliphatic carbocycles. The van der Waals surface area contributed by atoms with Crippen molar-refractivity contribution in [1.82, 2.24) is 19.5 Å². The van der Waals surface area contributed by atoms with Crippen LogP contribution in [-0.2, 0) is 6.54 Å². The van der Waals surface area contributed by atoms with Crippen LogP contribution in [0.5, 0.6) is 5.75 Å². The molecule has 0 unspecified atom stereocenters. The molecule has 0 atom stereocenters. The SMILES string of the molecule is COc1ccc(CN2CCN(C(=O)c3cc(C)n(-c4cc(C)on4)c3C)CC2)cc1F. The van der Waals surface area contributed by atoms with Crippen molar-refractivity contribution in [3.63, 3.8) is 0 Å². The summed E-state index contributed by atoms with van der Waals surface area (Å²) in [6, 6.07) is 8.80. The first-order chi connectivity index (χ1) is 14.9. The van der Waals surface area contributed by atoms with Crippen molar-refractivity contribution in [2.75, 3.05) is 33.3 Å². The van der Waals surface area contributed by atoms with E-state index < -0.39 is 0 Å². The fourth-order valence-electron chi connectivity index (χ4n) is 4.14. The maximum Gasteiger partial charge on any atom is 0.255 e. The lowest BCUT2D eigenvalue weighted by molar-refractivity contribution is 0.0627. The topological polar surface area (TPSA) is 63.7 Å². The Labute approximate surface area is 181 Å². The average Bonchev–Trinajstić information content (AvgIpc) is 3.30. The van der Waals surface area contributed by atoms with Crippen molar-refractivity contribution in [3.8, 4) is 11.6 Å². The zero-order valence-electron chi connectivity index (χ0n) is 18.3. The van der Waals surface area contributed by atoms with E-state index in [0.717, 1.165) is 35.8 Å². The molecule has 0 N–H and O–H groups in total. The summed E-state index contributed by atoms with van der Waals surface area (Å²) in [7, 11) is 1.46. The second kappa shape index (κ2) is 8.55. The third-order valence-electron chi connectivity index (χ3n) is 5.79. The fourth-order valence-corrected chi connectivity index (χ4v) is 4.14. The van der Waals surface area contributed by atoms with E-state index >= 15 is 0 Å². The first kappa shape index (κ1) is 21.1. The molecule has 1 aromatic carbocycles. The summed E-state index contributed by atoms with van der Waals surface area (Å²) in [5.41, 5.74) is 3.37. The first-order valence-corrected chi connectivity index (χ1v) is 10.3. The molecule has 1 amide bonds. The molecule has 3 aromatic rings. The largest absolute Gasteiger partial charge is 0.494 e. The quantitative estimate of drug-likeness (QED) is 0.625. The third-order valence-corrected chi connectivity index (χ3v) is 5.79. The summed E-state index contributed by atoms with van der Waals surface area (Å²) in [5, 5.41) is 4.08. The van der Waals surface area contributed by atoms with Crippen LogP contribution in [0.25, 0.3) is 5.82 Å². The normalized spacial score (nSPS) is 14.8. The highest BCUT2D eigenvalue weighted by atomic mass is 19.1. The summed E-state index contributed by atoms with van der Waals surface area (Å²) in [5.74, 6) is 1.32. The molecule has 1 aliphatic heterocycles. The lowest BCUT2D eigenvalue weighted by atomic mass is 10.1. The molecule has 31 heavy (non-hydrogen) atoms. The van der Waals surface area contributed by atoms with Crippen LogP contribution in [0, 0.1) is 26.6 Å². The number of aryl methyl sites for hydroxylation is 2. The number of halogens is 1. The highest BCUT2D eigenvalue weighted by Crippen LogP contribution is 2.23. The van der Waals surface area contributed by atoms with Crippen LogP contribution in [0.4, 0.5) is 4.39 Å². The lowest BCUT2D eigenvalue weighted by Crippen LogP contribution is -2.48. The van der Waals surface area contributed by atoms with Crippen LogP contribution < -0.4 is 4.74 Å². The first-order valence-electron chi connectivity index (χ1n) is 10.3. The average molecular weight is 426 g/mol. The van der Waals surface area contributed by atoms with Crippen molar-refractivity contribution >= 4 is 5.91 Å². The predicted octanol–water partition coefficient (Wildman–Crippen LogP) is 3.50. The van der Waals surface area contributed by atoms with E-state index in [1.807, 2.05) is 48.4 Å². The van der Waals surface area contributed by atoms with Crippen molar-refractivity contribution in [2.24, 2.45) is 0 Å². The zero-order valence-corrected chi connectivity index (χ0v) is 18.3. The molecule has 1 aliphatic rings. The molecule has 164 valence electrons. The number of hydrogen-bond acceptors (Lipinski definition) is 5. The van der Waals surface area contributed by atoms with Gasteiger partial charge in [-0.05, 0) is 44.5 Å². The van der Waals surface area contributed by atoms with Gasteiger partial charge in [0.05, 0.1) is 12.7 Å². The van der Waals surface area contributed by atoms with Crippen LogP contribution in [0.2, 0.25) is 0 Å². The predicted molar refractivity (Wildman–Crippen MR) is 114 cm³/mol. The molecule has 1 saturated heterocycles. The van der Waals surface area contributed by atoms with E-state index in [0.29, 0.717) is 31.0 Å². The Morgan fingerprint density at radius 3 is 2.48 bits per heavy atom. The summed E-state index contributed by atoms with van der Waals surface area (Å²) in [4.78, 5) is 17.3. The molecule has 4 rings (SSSR count). The van der Waals surface area contributed by atoms with Gasteiger partial charge in [0.25, 0.3) is 5.91 Å². The van der Waals surface area contributed by atoms with Gasteiger partial charge in [-0.3, -0.25) is 14.3 Å². The molecule has 0 saturated carbocycles. The Hall–Kier alpha value is -3.13. The monoisotopic (exact) mass is 426 g/mol. The van der Waals surface area contributed by atoms with E-state index in [2.05, 4.69) is 10.1 Å². The highest BCUT2D eigenvalue weighted by molar-refractivity contribution is 5.96. The molecule has 0 bridgehead atoms. The third kappa shape index (κ3) is 4.20. The number of rotatable bonds is 5. The number of nitrogens with zero attached hydrogens (tertiary/aromatic N) is 4. The Kier molecular flexibility index (Phi) is 5.82. The van der Waals surface area contributed by atoms with Crippen LogP contribution in [0.3, 0.4) is 0 Å². The molecule has 8 heteroatoms. The number of aromatic nitrogens is 2. The smallest absolute Gasteiger partial charge is 0.255 e. The van der Waals surface area contributed by atoms with Crippen molar-refractivity contribution in [3.05, 3.63) is 64.4 Å². The van der Waals surface area contributed by atoms with Crippen LogP contribution in [-0.4, -0.2) is 58.7 Å². The number of amides is 1. The second-order valence-electron chi connectivity index (χ2n) is 7.95. The van der Waals surface area contributed by atoms with Crippen LogP contribution >= 0.6 is 0 Å². The highest BCUT2D eigenvalue weighted by Gasteiger charge is 2.26. The van der Waals surface area contributed by atoms with E-state index in [1.165, 1.54) is 13.2 Å². The van der Waals surface area contributed by atoms with E-state index in [1.54, 1.807) is 6.07 Å². The second-order valence-corrected chi connectivity index (χ2v) is 7.95. The number of ether oxygens (including phenoxy) is 1. The summed E-state index contributed by atoms with van der Waals surface area (Å²) >= 11 is 0. The van der Waals surface area contributed by atoms with Crippen LogP contribution in [0.1, 0.15) is 33.1 Å². The van der Waals surface area contributed by atoms with Gasteiger partial charge >= 0.3 is 0 Å². The van der Waals surface area contributed by atoms with Gasteiger partial charge in [0, 0.05) is 50.2 Å². The van der Waals surface area contributed by atoms with Gasteiger partial charge in [-0.2, -0.15) is 0 Å². The maximum absolute atomic E-state index is 13.9. The summed E-state index contributed by atoms with van der Waals surface area (Å²) in [6.45, 7) is 9.10.